The first-order valence-corrected chi connectivity index (χ1v) is 6.25. The van der Waals surface area contributed by atoms with Gasteiger partial charge in [0.1, 0.15) is 5.15 Å². The molecule has 0 saturated heterocycles. The van der Waals surface area contributed by atoms with Crippen LogP contribution >= 0.6 is 11.6 Å². The zero-order valence-electron chi connectivity index (χ0n) is 10.7. The minimum absolute atomic E-state index is 0.128. The van der Waals surface area contributed by atoms with Gasteiger partial charge in [-0.1, -0.05) is 23.7 Å². The van der Waals surface area contributed by atoms with Crippen LogP contribution in [0.25, 0.3) is 10.9 Å². The van der Waals surface area contributed by atoms with Crippen molar-refractivity contribution in [2.75, 3.05) is 0 Å². The summed E-state index contributed by atoms with van der Waals surface area (Å²) in [4.78, 5) is 15.0. The molecule has 1 aromatic carbocycles. The maximum absolute atomic E-state index is 10.7. The molecule has 0 aliphatic carbocycles. The van der Waals surface area contributed by atoms with E-state index in [0.29, 0.717) is 10.7 Å². The van der Waals surface area contributed by atoms with E-state index in [1.54, 1.807) is 0 Å². The third kappa shape index (κ3) is 3.22. The molecule has 0 aliphatic heterocycles. The molecule has 0 saturated carbocycles. The highest BCUT2D eigenvalue weighted by molar-refractivity contribution is 6.30. The molecule has 1 aromatic heterocycles. The monoisotopic (exact) mass is 279 g/mol. The lowest BCUT2D eigenvalue weighted by Gasteiger charge is -2.10. The standard InChI is InChI=1S/C14H14ClNO3/c1-8-3-4-10-6-11(7-19-9(2)14(17)18)13(15)16-12(10)5-8/h3-6,9H,7H2,1-2H3,(H,17,18). The summed E-state index contributed by atoms with van der Waals surface area (Å²) < 4.78 is 5.22. The Morgan fingerprint density at radius 1 is 1.47 bits per heavy atom. The number of hydrogen-bond donors (Lipinski definition) is 1. The molecule has 100 valence electrons. The van der Waals surface area contributed by atoms with Crippen molar-refractivity contribution in [1.29, 1.82) is 0 Å². The second-order valence-corrected chi connectivity index (χ2v) is 4.78. The van der Waals surface area contributed by atoms with Gasteiger partial charge in [-0.2, -0.15) is 0 Å². The Bertz CT molecular complexity index is 627. The number of aromatic nitrogens is 1. The van der Waals surface area contributed by atoms with Crippen molar-refractivity contribution >= 4 is 28.5 Å². The number of aliphatic carboxylic acids is 1. The van der Waals surface area contributed by atoms with Crippen LogP contribution < -0.4 is 0 Å². The van der Waals surface area contributed by atoms with E-state index in [2.05, 4.69) is 4.98 Å². The number of hydrogen-bond acceptors (Lipinski definition) is 3. The molecule has 0 spiro atoms. The second kappa shape index (κ2) is 5.55. The molecular formula is C14H14ClNO3. The average molecular weight is 280 g/mol. The predicted octanol–water partition coefficient (Wildman–Crippen LogP) is 3.19. The van der Waals surface area contributed by atoms with Crippen LogP contribution in [0.1, 0.15) is 18.1 Å². The van der Waals surface area contributed by atoms with Gasteiger partial charge in [-0.25, -0.2) is 9.78 Å². The van der Waals surface area contributed by atoms with Gasteiger partial charge in [0.2, 0.25) is 0 Å². The SMILES string of the molecule is Cc1ccc2cc(COC(C)C(=O)O)c(Cl)nc2c1. The molecule has 1 atom stereocenters. The third-order valence-corrected chi connectivity index (χ3v) is 3.16. The Labute approximate surface area is 116 Å². The molecule has 5 heteroatoms. The van der Waals surface area contributed by atoms with Gasteiger partial charge >= 0.3 is 5.97 Å². The Kier molecular flexibility index (Phi) is 4.02. The van der Waals surface area contributed by atoms with Crippen molar-refractivity contribution in [1.82, 2.24) is 4.98 Å². The van der Waals surface area contributed by atoms with Gasteiger partial charge in [-0.3, -0.25) is 0 Å². The number of ether oxygens (including phenoxy) is 1. The maximum Gasteiger partial charge on any atom is 0.332 e. The van der Waals surface area contributed by atoms with Crippen LogP contribution in [0.15, 0.2) is 24.3 Å². The summed E-state index contributed by atoms with van der Waals surface area (Å²) in [6.07, 6.45) is -0.871. The minimum Gasteiger partial charge on any atom is -0.479 e. The summed E-state index contributed by atoms with van der Waals surface area (Å²) in [5, 5.41) is 10.1. The number of carboxylic acids is 1. The van der Waals surface area contributed by atoms with Crippen molar-refractivity contribution < 1.29 is 14.6 Å². The number of aryl methyl sites for hydroxylation is 1. The van der Waals surface area contributed by atoms with E-state index in [0.717, 1.165) is 16.5 Å². The normalized spacial score (nSPS) is 12.6. The zero-order chi connectivity index (χ0) is 14.0. The summed E-state index contributed by atoms with van der Waals surface area (Å²) in [6.45, 7) is 3.60. The second-order valence-electron chi connectivity index (χ2n) is 4.43. The molecule has 0 aliphatic rings. The molecule has 4 nitrogen and oxygen atoms in total. The van der Waals surface area contributed by atoms with E-state index in [9.17, 15) is 4.79 Å². The number of rotatable bonds is 4. The van der Waals surface area contributed by atoms with E-state index < -0.39 is 12.1 Å². The summed E-state index contributed by atoms with van der Waals surface area (Å²) in [5.74, 6) is -1.000. The Hall–Kier alpha value is -1.65. The number of nitrogens with zero attached hydrogens (tertiary/aromatic N) is 1. The molecule has 0 bridgehead atoms. The number of benzene rings is 1. The third-order valence-electron chi connectivity index (χ3n) is 2.84. The van der Waals surface area contributed by atoms with Crippen molar-refractivity contribution in [3.63, 3.8) is 0 Å². The fourth-order valence-electron chi connectivity index (χ4n) is 1.68. The first-order valence-electron chi connectivity index (χ1n) is 5.87. The summed E-state index contributed by atoms with van der Waals surface area (Å²) in [7, 11) is 0. The van der Waals surface area contributed by atoms with Crippen LogP contribution in [0, 0.1) is 6.92 Å². The van der Waals surface area contributed by atoms with E-state index in [-0.39, 0.29) is 6.61 Å². The van der Waals surface area contributed by atoms with Gasteiger partial charge in [0, 0.05) is 10.9 Å². The lowest BCUT2D eigenvalue weighted by molar-refractivity contribution is -0.149. The number of fused-ring (bicyclic) bond motifs is 1. The largest absolute Gasteiger partial charge is 0.479 e. The minimum atomic E-state index is -1.000. The number of halogens is 1. The Balaban J connectivity index is 2.26. The van der Waals surface area contributed by atoms with Crippen molar-refractivity contribution in [2.45, 2.75) is 26.6 Å². The van der Waals surface area contributed by atoms with Crippen LogP contribution in [0.4, 0.5) is 0 Å². The first-order chi connectivity index (χ1) is 8.97. The van der Waals surface area contributed by atoms with E-state index in [4.69, 9.17) is 21.4 Å². The molecule has 19 heavy (non-hydrogen) atoms. The molecule has 1 unspecified atom stereocenters. The lowest BCUT2D eigenvalue weighted by atomic mass is 10.1. The zero-order valence-corrected chi connectivity index (χ0v) is 11.4. The van der Waals surface area contributed by atoms with Gasteiger partial charge in [0.25, 0.3) is 0 Å². The van der Waals surface area contributed by atoms with Gasteiger partial charge in [0.05, 0.1) is 12.1 Å². The fourth-order valence-corrected chi connectivity index (χ4v) is 1.88. The molecule has 1 N–H and O–H groups in total. The molecule has 2 aromatic rings. The van der Waals surface area contributed by atoms with Crippen LogP contribution in [0.3, 0.4) is 0 Å². The lowest BCUT2D eigenvalue weighted by Crippen LogP contribution is -2.19. The van der Waals surface area contributed by atoms with Gasteiger partial charge in [-0.05, 0) is 31.5 Å². The molecular weight excluding hydrogens is 266 g/mol. The van der Waals surface area contributed by atoms with E-state index in [1.807, 2.05) is 31.2 Å². The van der Waals surface area contributed by atoms with Gasteiger partial charge in [0.15, 0.2) is 6.10 Å². The number of pyridine rings is 1. The van der Waals surface area contributed by atoms with Crippen LogP contribution in [-0.2, 0) is 16.1 Å². The highest BCUT2D eigenvalue weighted by Crippen LogP contribution is 2.22. The van der Waals surface area contributed by atoms with Gasteiger partial charge in [-0.15, -0.1) is 0 Å². The van der Waals surface area contributed by atoms with Gasteiger partial charge < -0.3 is 9.84 Å². The Morgan fingerprint density at radius 2 is 2.21 bits per heavy atom. The van der Waals surface area contributed by atoms with Crippen LogP contribution in [-0.4, -0.2) is 22.2 Å². The molecule has 0 fully saturated rings. The van der Waals surface area contributed by atoms with Crippen LogP contribution in [0.2, 0.25) is 5.15 Å². The molecule has 2 rings (SSSR count). The van der Waals surface area contributed by atoms with Crippen LogP contribution in [0.5, 0.6) is 0 Å². The number of carbonyl (C=O) groups is 1. The maximum atomic E-state index is 10.7. The first kappa shape index (κ1) is 13.8. The molecule has 0 amide bonds. The summed E-state index contributed by atoms with van der Waals surface area (Å²) >= 11 is 6.08. The highest BCUT2D eigenvalue weighted by Gasteiger charge is 2.13. The van der Waals surface area contributed by atoms with E-state index >= 15 is 0 Å². The summed E-state index contributed by atoms with van der Waals surface area (Å²) in [6, 6.07) is 7.77. The van der Waals surface area contributed by atoms with Crippen molar-refractivity contribution in [3.8, 4) is 0 Å². The summed E-state index contributed by atoms with van der Waals surface area (Å²) in [5.41, 5.74) is 2.62. The smallest absolute Gasteiger partial charge is 0.332 e. The van der Waals surface area contributed by atoms with E-state index in [1.165, 1.54) is 6.92 Å². The topological polar surface area (TPSA) is 59.4 Å². The fraction of sp³-hybridized carbons (Fsp3) is 0.286. The average Bonchev–Trinajstić information content (AvgIpc) is 2.35. The Morgan fingerprint density at radius 3 is 2.89 bits per heavy atom. The highest BCUT2D eigenvalue weighted by atomic mass is 35.5. The predicted molar refractivity (Wildman–Crippen MR) is 73.4 cm³/mol. The number of carboxylic acid groups (broad SMARTS) is 1. The van der Waals surface area contributed by atoms with Crippen molar-refractivity contribution in [2.24, 2.45) is 0 Å². The molecule has 0 radical (unpaired) electrons. The quantitative estimate of drug-likeness (QED) is 0.873. The molecule has 1 heterocycles. The van der Waals surface area contributed by atoms with Crippen molar-refractivity contribution in [3.05, 3.63) is 40.5 Å².